The maximum absolute atomic E-state index is 11.7. The second kappa shape index (κ2) is 4.53. The number of hydrogen-bond donors (Lipinski definition) is 0. The third-order valence-electron chi connectivity index (χ3n) is 3.04. The van der Waals surface area contributed by atoms with Gasteiger partial charge in [-0.1, -0.05) is 48.5 Å². The van der Waals surface area contributed by atoms with E-state index in [1.807, 2.05) is 54.6 Å². The highest BCUT2D eigenvalue weighted by molar-refractivity contribution is 5.95. The van der Waals surface area contributed by atoms with E-state index in [9.17, 15) is 4.79 Å². The highest BCUT2D eigenvalue weighted by atomic mass is 16.6. The molecule has 1 aliphatic heterocycles. The molecule has 1 amide bonds. The van der Waals surface area contributed by atoms with Crippen LogP contribution in [0.5, 0.6) is 0 Å². The maximum atomic E-state index is 11.7. The van der Waals surface area contributed by atoms with Crippen molar-refractivity contribution in [1.29, 1.82) is 0 Å². The van der Waals surface area contributed by atoms with Crippen LogP contribution in [0.4, 0.5) is 10.5 Å². The molecular weight excluding hydrogens is 226 g/mol. The molecule has 0 bridgehead atoms. The van der Waals surface area contributed by atoms with E-state index in [1.165, 1.54) is 0 Å². The summed E-state index contributed by atoms with van der Waals surface area (Å²) in [5, 5.41) is 0. The van der Waals surface area contributed by atoms with Crippen LogP contribution in [-0.2, 0) is 4.74 Å². The molecule has 1 saturated heterocycles. The predicted octanol–water partition coefficient (Wildman–Crippen LogP) is 3.31. The third kappa shape index (κ3) is 1.84. The van der Waals surface area contributed by atoms with E-state index in [1.54, 1.807) is 4.90 Å². The summed E-state index contributed by atoms with van der Waals surface area (Å²) in [6.45, 7) is 1.07. The van der Waals surface area contributed by atoms with Crippen molar-refractivity contribution >= 4 is 11.8 Å². The molecule has 2 aromatic carbocycles. The lowest BCUT2D eigenvalue weighted by Gasteiger charge is -2.17. The standard InChI is InChI=1S/C15H13NO2/c17-15-16(10-11-18-15)14-9-5-4-8-13(14)12-6-2-1-3-7-12/h1-9H,10-11H2. The van der Waals surface area contributed by atoms with Crippen molar-refractivity contribution in [2.24, 2.45) is 0 Å². The van der Waals surface area contributed by atoms with Crippen LogP contribution in [0.2, 0.25) is 0 Å². The highest BCUT2D eigenvalue weighted by Gasteiger charge is 2.25. The molecule has 3 rings (SSSR count). The molecule has 1 fully saturated rings. The Hall–Kier alpha value is -2.29. The average Bonchev–Trinajstić information content (AvgIpc) is 2.86. The summed E-state index contributed by atoms with van der Waals surface area (Å²) in [6, 6.07) is 17.9. The SMILES string of the molecule is O=C1OCCN1c1ccccc1-c1ccccc1. The molecule has 1 heterocycles. The van der Waals surface area contributed by atoms with Gasteiger partial charge in [0, 0.05) is 5.56 Å². The van der Waals surface area contributed by atoms with Crippen molar-refractivity contribution < 1.29 is 9.53 Å². The van der Waals surface area contributed by atoms with Crippen molar-refractivity contribution in [1.82, 2.24) is 0 Å². The zero-order valence-corrected chi connectivity index (χ0v) is 9.87. The van der Waals surface area contributed by atoms with Gasteiger partial charge in [0.1, 0.15) is 6.61 Å². The van der Waals surface area contributed by atoms with E-state index >= 15 is 0 Å². The molecule has 0 atom stereocenters. The Morgan fingerprint density at radius 2 is 1.67 bits per heavy atom. The Labute approximate surface area is 106 Å². The first-order chi connectivity index (χ1) is 8.86. The number of ether oxygens (including phenoxy) is 1. The molecule has 0 N–H and O–H groups in total. The molecule has 1 aliphatic rings. The van der Waals surface area contributed by atoms with E-state index < -0.39 is 0 Å². The van der Waals surface area contributed by atoms with E-state index in [0.29, 0.717) is 13.2 Å². The number of carbonyl (C=O) groups excluding carboxylic acids is 1. The Morgan fingerprint density at radius 3 is 2.39 bits per heavy atom. The minimum Gasteiger partial charge on any atom is -0.447 e. The molecule has 0 aliphatic carbocycles. The molecular formula is C15H13NO2. The first-order valence-corrected chi connectivity index (χ1v) is 5.95. The van der Waals surface area contributed by atoms with Crippen molar-refractivity contribution in [2.45, 2.75) is 0 Å². The second-order valence-electron chi connectivity index (χ2n) is 4.15. The van der Waals surface area contributed by atoms with Crippen molar-refractivity contribution in [3.63, 3.8) is 0 Å². The predicted molar refractivity (Wildman–Crippen MR) is 70.6 cm³/mol. The highest BCUT2D eigenvalue weighted by Crippen LogP contribution is 2.31. The van der Waals surface area contributed by atoms with Gasteiger partial charge >= 0.3 is 6.09 Å². The summed E-state index contributed by atoms with van der Waals surface area (Å²) >= 11 is 0. The number of cyclic esters (lactones) is 1. The largest absolute Gasteiger partial charge is 0.447 e. The molecule has 0 radical (unpaired) electrons. The lowest BCUT2D eigenvalue weighted by molar-refractivity contribution is 0.181. The Kier molecular flexibility index (Phi) is 2.73. The van der Waals surface area contributed by atoms with Crippen LogP contribution in [0, 0.1) is 0 Å². The summed E-state index contributed by atoms with van der Waals surface area (Å²) < 4.78 is 5.00. The first kappa shape index (κ1) is 10.8. The van der Waals surface area contributed by atoms with Crippen LogP contribution in [0.15, 0.2) is 54.6 Å². The number of amides is 1. The van der Waals surface area contributed by atoms with Gasteiger partial charge in [-0.2, -0.15) is 0 Å². The Balaban J connectivity index is 2.08. The van der Waals surface area contributed by atoms with Gasteiger partial charge in [-0.05, 0) is 11.6 Å². The fourth-order valence-electron chi connectivity index (χ4n) is 2.18. The lowest BCUT2D eigenvalue weighted by Crippen LogP contribution is -2.23. The van der Waals surface area contributed by atoms with Gasteiger partial charge in [0.15, 0.2) is 0 Å². The molecule has 90 valence electrons. The van der Waals surface area contributed by atoms with Gasteiger partial charge < -0.3 is 4.74 Å². The molecule has 0 spiro atoms. The van der Waals surface area contributed by atoms with Gasteiger partial charge in [-0.25, -0.2) is 4.79 Å². The molecule has 0 aromatic heterocycles. The van der Waals surface area contributed by atoms with Crippen LogP contribution >= 0.6 is 0 Å². The maximum Gasteiger partial charge on any atom is 0.414 e. The summed E-state index contributed by atoms with van der Waals surface area (Å²) in [4.78, 5) is 13.3. The summed E-state index contributed by atoms with van der Waals surface area (Å²) in [7, 11) is 0. The summed E-state index contributed by atoms with van der Waals surface area (Å²) in [5.74, 6) is 0. The normalized spacial score (nSPS) is 14.7. The fraction of sp³-hybridized carbons (Fsp3) is 0.133. The Bertz CT molecular complexity index is 566. The summed E-state index contributed by atoms with van der Waals surface area (Å²) in [5.41, 5.74) is 3.07. The van der Waals surface area contributed by atoms with Gasteiger partial charge in [0.25, 0.3) is 0 Å². The zero-order chi connectivity index (χ0) is 12.4. The van der Waals surface area contributed by atoms with Crippen molar-refractivity contribution in [2.75, 3.05) is 18.1 Å². The van der Waals surface area contributed by atoms with Crippen LogP contribution in [0.3, 0.4) is 0 Å². The number of para-hydroxylation sites is 1. The smallest absolute Gasteiger partial charge is 0.414 e. The molecule has 3 heteroatoms. The molecule has 2 aromatic rings. The second-order valence-corrected chi connectivity index (χ2v) is 4.15. The van der Waals surface area contributed by atoms with E-state index in [4.69, 9.17) is 4.74 Å². The lowest BCUT2D eigenvalue weighted by atomic mass is 10.0. The average molecular weight is 239 g/mol. The Morgan fingerprint density at radius 1 is 0.944 bits per heavy atom. The van der Waals surface area contributed by atoms with Crippen LogP contribution in [0.25, 0.3) is 11.1 Å². The van der Waals surface area contributed by atoms with Crippen LogP contribution < -0.4 is 4.90 Å². The van der Waals surface area contributed by atoms with E-state index in [2.05, 4.69) is 0 Å². The zero-order valence-electron chi connectivity index (χ0n) is 9.87. The monoisotopic (exact) mass is 239 g/mol. The third-order valence-corrected chi connectivity index (χ3v) is 3.04. The minimum atomic E-state index is -0.265. The van der Waals surface area contributed by atoms with E-state index in [-0.39, 0.29) is 6.09 Å². The molecule has 18 heavy (non-hydrogen) atoms. The molecule has 0 saturated carbocycles. The first-order valence-electron chi connectivity index (χ1n) is 5.95. The molecule has 0 unspecified atom stereocenters. The molecule has 3 nitrogen and oxygen atoms in total. The minimum absolute atomic E-state index is 0.265. The van der Waals surface area contributed by atoms with Gasteiger partial charge in [-0.3, -0.25) is 4.90 Å². The van der Waals surface area contributed by atoms with Crippen molar-refractivity contribution in [3.05, 3.63) is 54.6 Å². The topological polar surface area (TPSA) is 29.5 Å². The van der Waals surface area contributed by atoms with Gasteiger partial charge in [-0.15, -0.1) is 0 Å². The number of rotatable bonds is 2. The number of anilines is 1. The fourth-order valence-corrected chi connectivity index (χ4v) is 2.18. The number of nitrogens with zero attached hydrogens (tertiary/aromatic N) is 1. The van der Waals surface area contributed by atoms with E-state index in [0.717, 1.165) is 16.8 Å². The number of benzene rings is 2. The van der Waals surface area contributed by atoms with Gasteiger partial charge in [0.05, 0.1) is 12.2 Å². The number of hydrogen-bond acceptors (Lipinski definition) is 2. The van der Waals surface area contributed by atoms with Crippen LogP contribution in [-0.4, -0.2) is 19.2 Å². The van der Waals surface area contributed by atoms with Crippen molar-refractivity contribution in [3.8, 4) is 11.1 Å². The number of carbonyl (C=O) groups is 1. The van der Waals surface area contributed by atoms with Crippen LogP contribution in [0.1, 0.15) is 0 Å². The quantitative estimate of drug-likeness (QED) is 0.804. The summed E-state index contributed by atoms with van der Waals surface area (Å²) in [6.07, 6.45) is -0.265. The van der Waals surface area contributed by atoms with Gasteiger partial charge in [0.2, 0.25) is 0 Å².